The summed E-state index contributed by atoms with van der Waals surface area (Å²) in [5.74, 6) is -0.431. The molecule has 24 heavy (non-hydrogen) atoms. The second kappa shape index (κ2) is 6.40. The number of nitro benzene ring substituents is 1. The third-order valence-corrected chi connectivity index (χ3v) is 4.03. The molecule has 0 bridgehead atoms. The largest absolute Gasteiger partial charge is 0.467 e. The van der Waals surface area contributed by atoms with E-state index in [0.29, 0.717) is 18.5 Å². The smallest absolute Gasteiger partial charge is 0.336 e. The van der Waals surface area contributed by atoms with Gasteiger partial charge in [0.05, 0.1) is 30.1 Å². The van der Waals surface area contributed by atoms with Crippen molar-refractivity contribution in [2.75, 3.05) is 25.1 Å². The van der Waals surface area contributed by atoms with Gasteiger partial charge in [-0.1, -0.05) is 0 Å². The molecule has 2 atom stereocenters. The number of carbonyl (C=O) groups is 1. The number of nitrogens with zero attached hydrogens (tertiary/aromatic N) is 3. The molecule has 0 saturated carbocycles. The quantitative estimate of drug-likeness (QED) is 0.481. The van der Waals surface area contributed by atoms with Crippen LogP contribution in [-0.4, -0.2) is 48.3 Å². The molecular formula is C16H17N3O5. The number of non-ortho nitro benzene ring substituents is 1. The first kappa shape index (κ1) is 16.1. The number of morpholine rings is 1. The fraction of sp³-hybridized carbons (Fsp3) is 0.375. The van der Waals surface area contributed by atoms with E-state index in [1.165, 1.54) is 19.4 Å². The topological polar surface area (TPSA) is 94.8 Å². The number of ether oxygens (including phenoxy) is 2. The molecule has 0 aliphatic carbocycles. The Balaban J connectivity index is 2.04. The van der Waals surface area contributed by atoms with Gasteiger partial charge >= 0.3 is 5.97 Å². The van der Waals surface area contributed by atoms with Crippen molar-refractivity contribution in [3.8, 4) is 0 Å². The van der Waals surface area contributed by atoms with Crippen LogP contribution in [0, 0.1) is 10.1 Å². The van der Waals surface area contributed by atoms with Crippen molar-refractivity contribution in [3.63, 3.8) is 0 Å². The summed E-state index contributed by atoms with van der Waals surface area (Å²) in [4.78, 5) is 28.6. The highest BCUT2D eigenvalue weighted by atomic mass is 16.6. The Morgan fingerprint density at radius 3 is 2.88 bits per heavy atom. The number of benzene rings is 1. The normalized spacial score (nSPS) is 20.8. The maximum atomic E-state index is 11.8. The number of carbonyl (C=O) groups excluding carboxylic acids is 1. The van der Waals surface area contributed by atoms with E-state index in [-0.39, 0.29) is 11.8 Å². The predicted octanol–water partition coefficient (Wildman–Crippen LogP) is 1.91. The number of esters is 1. The molecule has 3 rings (SSSR count). The molecule has 2 heterocycles. The summed E-state index contributed by atoms with van der Waals surface area (Å²) in [6, 6.07) is 4.91. The summed E-state index contributed by atoms with van der Waals surface area (Å²) in [6.07, 6.45) is 2.22. The monoisotopic (exact) mass is 331 g/mol. The van der Waals surface area contributed by atoms with Crippen molar-refractivity contribution in [2.24, 2.45) is 0 Å². The lowest BCUT2D eigenvalue weighted by molar-refractivity contribution is -0.383. The Kier molecular flexibility index (Phi) is 4.30. The summed E-state index contributed by atoms with van der Waals surface area (Å²) >= 11 is 0. The zero-order valence-electron chi connectivity index (χ0n) is 13.3. The fourth-order valence-electron chi connectivity index (χ4n) is 3.00. The highest BCUT2D eigenvalue weighted by Gasteiger charge is 2.32. The van der Waals surface area contributed by atoms with Gasteiger partial charge in [0.2, 0.25) is 0 Å². The summed E-state index contributed by atoms with van der Waals surface area (Å²) < 4.78 is 10.4. The van der Waals surface area contributed by atoms with Crippen LogP contribution >= 0.6 is 0 Å². The summed E-state index contributed by atoms with van der Waals surface area (Å²) in [7, 11) is 1.32. The van der Waals surface area contributed by atoms with Gasteiger partial charge in [-0.3, -0.25) is 15.1 Å². The van der Waals surface area contributed by atoms with Crippen molar-refractivity contribution >= 4 is 28.1 Å². The molecule has 126 valence electrons. The fourth-order valence-corrected chi connectivity index (χ4v) is 3.00. The zero-order chi connectivity index (χ0) is 17.3. The maximum absolute atomic E-state index is 11.8. The van der Waals surface area contributed by atoms with Crippen LogP contribution in [0.4, 0.5) is 11.4 Å². The molecule has 1 aliphatic heterocycles. The molecule has 0 amide bonds. The van der Waals surface area contributed by atoms with Crippen LogP contribution in [0.15, 0.2) is 30.6 Å². The molecule has 0 unspecified atom stereocenters. The zero-order valence-corrected chi connectivity index (χ0v) is 13.3. The van der Waals surface area contributed by atoms with E-state index >= 15 is 0 Å². The molecule has 8 nitrogen and oxygen atoms in total. The molecule has 1 aromatic heterocycles. The minimum atomic E-state index is -0.689. The Bertz CT molecular complexity index is 794. The number of rotatable bonds is 3. The summed E-state index contributed by atoms with van der Waals surface area (Å²) in [5.41, 5.74) is 0.815. The minimum Gasteiger partial charge on any atom is -0.467 e. The second-order valence-corrected chi connectivity index (χ2v) is 5.65. The van der Waals surface area contributed by atoms with Gasteiger partial charge in [0.25, 0.3) is 5.69 Å². The molecule has 2 aromatic rings. The van der Waals surface area contributed by atoms with Crippen molar-refractivity contribution in [1.29, 1.82) is 0 Å². The Morgan fingerprint density at radius 2 is 2.17 bits per heavy atom. The van der Waals surface area contributed by atoms with Crippen LogP contribution in [0.5, 0.6) is 0 Å². The van der Waals surface area contributed by atoms with E-state index in [1.807, 2.05) is 11.8 Å². The van der Waals surface area contributed by atoms with Crippen molar-refractivity contribution < 1.29 is 19.2 Å². The maximum Gasteiger partial charge on any atom is 0.336 e. The number of pyridine rings is 1. The first-order valence-electron chi connectivity index (χ1n) is 7.50. The first-order valence-corrected chi connectivity index (χ1v) is 7.50. The molecule has 0 spiro atoms. The van der Waals surface area contributed by atoms with E-state index in [4.69, 9.17) is 9.47 Å². The molecule has 8 heteroatoms. The molecule has 1 fully saturated rings. The number of fused-ring (bicyclic) bond motifs is 1. The number of anilines is 1. The van der Waals surface area contributed by atoms with Gasteiger partial charge in [0.15, 0.2) is 6.10 Å². The molecule has 1 aromatic carbocycles. The molecule has 0 N–H and O–H groups in total. The molecule has 0 radical (unpaired) electrons. The van der Waals surface area contributed by atoms with E-state index in [0.717, 1.165) is 11.1 Å². The van der Waals surface area contributed by atoms with Gasteiger partial charge < -0.3 is 14.4 Å². The van der Waals surface area contributed by atoms with Crippen molar-refractivity contribution in [1.82, 2.24) is 4.98 Å². The van der Waals surface area contributed by atoms with Gasteiger partial charge in [-0.2, -0.15) is 0 Å². The number of hydrogen-bond donors (Lipinski definition) is 0. The predicted molar refractivity (Wildman–Crippen MR) is 87.0 cm³/mol. The van der Waals surface area contributed by atoms with Gasteiger partial charge in [-0.05, 0) is 19.1 Å². The Hall–Kier alpha value is -2.74. The number of aromatic nitrogens is 1. The number of hydrogen-bond acceptors (Lipinski definition) is 7. The average Bonchev–Trinajstić information content (AvgIpc) is 2.59. The van der Waals surface area contributed by atoms with Crippen LogP contribution < -0.4 is 4.90 Å². The Morgan fingerprint density at radius 1 is 1.38 bits per heavy atom. The van der Waals surface area contributed by atoms with E-state index in [2.05, 4.69) is 4.98 Å². The number of methoxy groups -OCH3 is 1. The Labute approximate surface area is 138 Å². The van der Waals surface area contributed by atoms with E-state index in [9.17, 15) is 14.9 Å². The van der Waals surface area contributed by atoms with Gasteiger partial charge in [0.1, 0.15) is 0 Å². The van der Waals surface area contributed by atoms with Crippen molar-refractivity contribution in [2.45, 2.75) is 19.1 Å². The van der Waals surface area contributed by atoms with Crippen LogP contribution in [0.25, 0.3) is 10.8 Å². The second-order valence-electron chi connectivity index (χ2n) is 5.65. The third-order valence-electron chi connectivity index (χ3n) is 4.03. The SMILES string of the molecule is COC(=O)[C@@H]1CN(c2ccc([N+](=O)[O-])c3cnccc23)C[C@H](C)O1. The van der Waals surface area contributed by atoms with E-state index < -0.39 is 17.0 Å². The lowest BCUT2D eigenvalue weighted by Gasteiger charge is -2.37. The highest BCUT2D eigenvalue weighted by molar-refractivity contribution is 5.99. The summed E-state index contributed by atoms with van der Waals surface area (Å²) in [5, 5.41) is 12.4. The third kappa shape index (κ3) is 2.88. The van der Waals surface area contributed by atoms with Crippen LogP contribution in [0.2, 0.25) is 0 Å². The van der Waals surface area contributed by atoms with Crippen LogP contribution in [0.3, 0.4) is 0 Å². The molecule has 1 saturated heterocycles. The van der Waals surface area contributed by atoms with Gasteiger partial charge in [-0.25, -0.2) is 4.79 Å². The molecule has 1 aliphatic rings. The van der Waals surface area contributed by atoms with Crippen LogP contribution in [-0.2, 0) is 14.3 Å². The average molecular weight is 331 g/mol. The number of nitro groups is 1. The standard InChI is InChI=1S/C16H17N3O5/c1-10-8-18(9-15(24-10)16(20)23-2)13-3-4-14(19(21)22)12-7-17-6-5-11(12)13/h3-7,10,15H,8-9H2,1-2H3/t10-,15-/m0/s1. The van der Waals surface area contributed by atoms with Gasteiger partial charge in [0, 0.05) is 36.1 Å². The minimum absolute atomic E-state index is 0.00711. The van der Waals surface area contributed by atoms with Gasteiger partial charge in [-0.15, -0.1) is 0 Å². The van der Waals surface area contributed by atoms with Crippen LogP contribution in [0.1, 0.15) is 6.92 Å². The molecular weight excluding hydrogens is 314 g/mol. The lowest BCUT2D eigenvalue weighted by atomic mass is 10.1. The summed E-state index contributed by atoms with van der Waals surface area (Å²) in [6.45, 7) is 2.77. The van der Waals surface area contributed by atoms with E-state index in [1.54, 1.807) is 18.3 Å². The highest BCUT2D eigenvalue weighted by Crippen LogP contribution is 2.34. The lowest BCUT2D eigenvalue weighted by Crippen LogP contribution is -2.50. The van der Waals surface area contributed by atoms with Crippen molar-refractivity contribution in [3.05, 3.63) is 40.7 Å². The first-order chi connectivity index (χ1) is 11.5.